The van der Waals surface area contributed by atoms with Crippen LogP contribution in [0.2, 0.25) is 0 Å². The second kappa shape index (κ2) is 6.37. The molecule has 1 atom stereocenters. The number of morpholine rings is 1. The van der Waals surface area contributed by atoms with Crippen LogP contribution in [0.15, 0.2) is 12.3 Å². The molecule has 1 N–H and O–H groups in total. The number of aromatic nitrogens is 2. The minimum atomic E-state index is 0.293. The van der Waals surface area contributed by atoms with Gasteiger partial charge in [0.05, 0.1) is 25.9 Å². The van der Waals surface area contributed by atoms with E-state index in [0.29, 0.717) is 24.6 Å². The maximum atomic E-state index is 5.60. The van der Waals surface area contributed by atoms with Gasteiger partial charge in [0.15, 0.2) is 0 Å². The fourth-order valence-corrected chi connectivity index (χ4v) is 2.38. The summed E-state index contributed by atoms with van der Waals surface area (Å²) in [5, 5.41) is 3.56. The first kappa shape index (κ1) is 13.6. The molecule has 110 valence electrons. The highest BCUT2D eigenvalue weighted by Crippen LogP contribution is 2.21. The molecule has 1 aromatic heterocycles. The van der Waals surface area contributed by atoms with E-state index in [-0.39, 0.29) is 0 Å². The fourth-order valence-electron chi connectivity index (χ4n) is 2.38. The molecule has 2 aliphatic rings. The molecule has 0 bridgehead atoms. The highest BCUT2D eigenvalue weighted by atomic mass is 16.5. The zero-order chi connectivity index (χ0) is 13.8. The Hall–Kier alpha value is -1.40. The largest absolute Gasteiger partial charge is 0.478 e. The second-order valence-electron chi connectivity index (χ2n) is 5.23. The summed E-state index contributed by atoms with van der Waals surface area (Å²) in [6.07, 6.45) is 4.35. The van der Waals surface area contributed by atoms with Crippen LogP contribution in [-0.2, 0) is 4.74 Å². The van der Waals surface area contributed by atoms with Crippen LogP contribution in [0.5, 0.6) is 5.88 Å². The summed E-state index contributed by atoms with van der Waals surface area (Å²) >= 11 is 0. The smallest absolute Gasteiger partial charge is 0.229 e. The van der Waals surface area contributed by atoms with Crippen molar-refractivity contribution in [1.29, 1.82) is 0 Å². The van der Waals surface area contributed by atoms with Crippen molar-refractivity contribution >= 4 is 5.95 Å². The Morgan fingerprint density at radius 2 is 2.40 bits per heavy atom. The minimum Gasteiger partial charge on any atom is -0.478 e. The average Bonchev–Trinajstić information content (AvgIpc) is 3.30. The van der Waals surface area contributed by atoms with Gasteiger partial charge in [-0.25, -0.2) is 4.98 Å². The number of nitrogens with one attached hydrogen (secondary N) is 1. The molecule has 2 heterocycles. The Morgan fingerprint density at radius 1 is 1.50 bits per heavy atom. The fraction of sp³-hybridized carbons (Fsp3) is 0.714. The summed E-state index contributed by atoms with van der Waals surface area (Å²) in [6, 6.07) is 2.79. The van der Waals surface area contributed by atoms with Gasteiger partial charge in [-0.3, -0.25) is 0 Å². The van der Waals surface area contributed by atoms with Crippen molar-refractivity contribution < 1.29 is 9.47 Å². The van der Waals surface area contributed by atoms with Crippen molar-refractivity contribution in [1.82, 2.24) is 15.3 Å². The van der Waals surface area contributed by atoms with Gasteiger partial charge in [-0.15, -0.1) is 0 Å². The highest BCUT2D eigenvalue weighted by Gasteiger charge is 2.28. The van der Waals surface area contributed by atoms with Crippen molar-refractivity contribution in [2.45, 2.75) is 31.8 Å². The normalized spacial score (nSPS) is 22.9. The number of nitrogens with zero attached hydrogens (tertiary/aromatic N) is 3. The van der Waals surface area contributed by atoms with Crippen LogP contribution in [0.4, 0.5) is 5.95 Å². The Kier molecular flexibility index (Phi) is 4.32. The number of rotatable bonds is 6. The first-order chi connectivity index (χ1) is 9.86. The van der Waals surface area contributed by atoms with Gasteiger partial charge < -0.3 is 19.7 Å². The van der Waals surface area contributed by atoms with Crippen LogP contribution in [-0.4, -0.2) is 55.0 Å². The molecule has 1 saturated carbocycles. The lowest BCUT2D eigenvalue weighted by Crippen LogP contribution is -2.51. The van der Waals surface area contributed by atoms with E-state index in [4.69, 9.17) is 9.47 Å². The lowest BCUT2D eigenvalue weighted by atomic mass is 10.2. The average molecular weight is 278 g/mol. The maximum absolute atomic E-state index is 5.60. The molecule has 0 amide bonds. The summed E-state index contributed by atoms with van der Waals surface area (Å²) in [6.45, 7) is 5.77. The number of hydrogen-bond acceptors (Lipinski definition) is 6. The first-order valence-corrected chi connectivity index (χ1v) is 7.40. The molecular weight excluding hydrogens is 256 g/mol. The number of anilines is 1. The van der Waals surface area contributed by atoms with E-state index in [1.165, 1.54) is 12.8 Å². The quantitative estimate of drug-likeness (QED) is 0.832. The Bertz CT molecular complexity index is 439. The van der Waals surface area contributed by atoms with Crippen LogP contribution in [0.25, 0.3) is 0 Å². The molecular formula is C14H22N4O2. The van der Waals surface area contributed by atoms with Crippen molar-refractivity contribution in [2.24, 2.45) is 0 Å². The van der Waals surface area contributed by atoms with Gasteiger partial charge in [0.2, 0.25) is 11.8 Å². The van der Waals surface area contributed by atoms with E-state index in [2.05, 4.69) is 20.2 Å². The van der Waals surface area contributed by atoms with Gasteiger partial charge in [-0.2, -0.15) is 4.98 Å². The first-order valence-electron chi connectivity index (χ1n) is 7.40. The van der Waals surface area contributed by atoms with Crippen LogP contribution >= 0.6 is 0 Å². The third kappa shape index (κ3) is 3.37. The van der Waals surface area contributed by atoms with E-state index < -0.39 is 0 Å². The lowest BCUT2D eigenvalue weighted by Gasteiger charge is -2.35. The topological polar surface area (TPSA) is 59.5 Å². The monoisotopic (exact) mass is 278 g/mol. The summed E-state index contributed by atoms with van der Waals surface area (Å²) in [7, 11) is 0. The highest BCUT2D eigenvalue weighted by molar-refractivity contribution is 5.34. The van der Waals surface area contributed by atoms with E-state index >= 15 is 0 Å². The van der Waals surface area contributed by atoms with Crippen LogP contribution in [0.3, 0.4) is 0 Å². The van der Waals surface area contributed by atoms with Gasteiger partial charge in [0.25, 0.3) is 0 Å². The van der Waals surface area contributed by atoms with Gasteiger partial charge in [-0.05, 0) is 19.8 Å². The third-order valence-corrected chi connectivity index (χ3v) is 3.61. The molecule has 0 spiro atoms. The molecule has 6 heteroatoms. The third-order valence-electron chi connectivity index (χ3n) is 3.61. The van der Waals surface area contributed by atoms with Crippen LogP contribution in [0, 0.1) is 0 Å². The number of hydrogen-bond donors (Lipinski definition) is 1. The molecule has 2 fully saturated rings. The Balaban J connectivity index is 1.68. The second-order valence-corrected chi connectivity index (χ2v) is 5.23. The molecule has 1 aliphatic carbocycles. The van der Waals surface area contributed by atoms with E-state index in [1.54, 1.807) is 12.3 Å². The van der Waals surface area contributed by atoms with Gasteiger partial charge in [0, 0.05) is 31.4 Å². The van der Waals surface area contributed by atoms with Crippen molar-refractivity contribution in [3.8, 4) is 5.88 Å². The molecule has 20 heavy (non-hydrogen) atoms. The van der Waals surface area contributed by atoms with Crippen LogP contribution < -0.4 is 15.0 Å². The SMILES string of the molecule is CCOc1ccnc(N2CCOCC2CNC2CC2)n1. The minimum absolute atomic E-state index is 0.293. The van der Waals surface area contributed by atoms with Gasteiger partial charge >= 0.3 is 0 Å². The summed E-state index contributed by atoms with van der Waals surface area (Å²) < 4.78 is 11.1. The molecule has 0 aromatic carbocycles. The molecule has 1 saturated heterocycles. The zero-order valence-corrected chi connectivity index (χ0v) is 11.9. The predicted octanol–water partition coefficient (Wildman–Crippen LogP) is 0.832. The predicted molar refractivity (Wildman–Crippen MR) is 76.2 cm³/mol. The van der Waals surface area contributed by atoms with E-state index in [0.717, 1.165) is 32.3 Å². The molecule has 3 rings (SSSR count). The Labute approximate surface area is 119 Å². The van der Waals surface area contributed by atoms with Crippen molar-refractivity contribution in [2.75, 3.05) is 37.8 Å². The molecule has 1 aliphatic heterocycles. The van der Waals surface area contributed by atoms with Crippen molar-refractivity contribution in [3.05, 3.63) is 12.3 Å². The maximum Gasteiger partial charge on any atom is 0.229 e. The van der Waals surface area contributed by atoms with Crippen molar-refractivity contribution in [3.63, 3.8) is 0 Å². The molecule has 6 nitrogen and oxygen atoms in total. The lowest BCUT2D eigenvalue weighted by molar-refractivity contribution is 0.0927. The van der Waals surface area contributed by atoms with E-state index in [1.807, 2.05) is 6.92 Å². The summed E-state index contributed by atoms with van der Waals surface area (Å²) in [4.78, 5) is 11.1. The molecule has 1 aromatic rings. The summed E-state index contributed by atoms with van der Waals surface area (Å²) in [5.74, 6) is 1.37. The summed E-state index contributed by atoms with van der Waals surface area (Å²) in [5.41, 5.74) is 0. The molecule has 0 radical (unpaired) electrons. The van der Waals surface area contributed by atoms with Crippen LogP contribution in [0.1, 0.15) is 19.8 Å². The molecule has 1 unspecified atom stereocenters. The zero-order valence-electron chi connectivity index (χ0n) is 11.9. The van der Waals surface area contributed by atoms with Gasteiger partial charge in [-0.1, -0.05) is 0 Å². The Morgan fingerprint density at radius 3 is 3.20 bits per heavy atom. The van der Waals surface area contributed by atoms with E-state index in [9.17, 15) is 0 Å². The number of ether oxygens (including phenoxy) is 2. The standard InChI is InChI=1S/C14H22N4O2/c1-2-20-13-5-6-15-14(17-13)18-7-8-19-10-12(18)9-16-11-3-4-11/h5-6,11-12,16H,2-4,7-10H2,1H3. The van der Waals surface area contributed by atoms with Gasteiger partial charge in [0.1, 0.15) is 0 Å².